The van der Waals surface area contributed by atoms with Crippen molar-refractivity contribution >= 4 is 23.2 Å². The van der Waals surface area contributed by atoms with Gasteiger partial charge in [-0.05, 0) is 55.0 Å². The number of methoxy groups -OCH3 is 2. The number of halogens is 12. The van der Waals surface area contributed by atoms with E-state index in [9.17, 15) is 53.5 Å². The van der Waals surface area contributed by atoms with Gasteiger partial charge in [-0.25, -0.2) is 9.97 Å². The van der Waals surface area contributed by atoms with Gasteiger partial charge < -0.3 is 23.9 Å². The van der Waals surface area contributed by atoms with Gasteiger partial charge in [0, 0.05) is 35.0 Å². The summed E-state index contributed by atoms with van der Waals surface area (Å²) < 4.78 is 153. The summed E-state index contributed by atoms with van der Waals surface area (Å²) in [5.41, 5.74) is -5.94. The molecule has 6 rings (SSSR count). The first-order valence-corrected chi connectivity index (χ1v) is 19.5. The molecule has 6 aromatic rings. The first kappa shape index (κ1) is 54.0. The number of aromatic amines is 1. The number of aryl methyl sites for hydroxylation is 1. The largest absolute Gasteiger partial charge is 0.480 e. The molecule has 0 bridgehead atoms. The van der Waals surface area contributed by atoms with Crippen molar-refractivity contribution in [2.75, 3.05) is 14.2 Å². The Morgan fingerprint density at radius 1 is 0.652 bits per heavy atom. The Kier molecular flexibility index (Phi) is 17.2. The zero-order valence-corrected chi connectivity index (χ0v) is 37.2. The van der Waals surface area contributed by atoms with Crippen molar-refractivity contribution in [3.63, 3.8) is 0 Å². The van der Waals surface area contributed by atoms with E-state index in [2.05, 4.69) is 30.4 Å². The van der Waals surface area contributed by atoms with E-state index in [1.54, 1.807) is 12.1 Å². The van der Waals surface area contributed by atoms with E-state index in [0.717, 1.165) is 31.2 Å². The van der Waals surface area contributed by atoms with E-state index >= 15 is 0 Å². The smallest absolute Gasteiger partial charge is 0.437 e. The molecule has 4 heterocycles. The van der Waals surface area contributed by atoms with Gasteiger partial charge in [0.15, 0.2) is 11.4 Å². The van der Waals surface area contributed by atoms with E-state index in [0.29, 0.717) is 42.0 Å². The molecule has 69 heavy (non-hydrogen) atoms. The van der Waals surface area contributed by atoms with Crippen molar-refractivity contribution in [3.05, 3.63) is 137 Å². The molecule has 0 radical (unpaired) electrons. The van der Waals surface area contributed by atoms with Crippen LogP contribution in [0.2, 0.25) is 10.0 Å². The minimum Gasteiger partial charge on any atom is -0.480 e. The number of nitrogens with zero attached hydrogens (tertiary/aromatic N) is 9. The SMILES string of the molecule is CCc1cc(C(C)(F)F)nnc1OC.COc1nnc(C(C)(F)F)cc1Cn1cnc(C(F)(F)F)c(Oc2cc(Cl)cc(C#N)c2)c1=O.N#Cc1cc(Cl)cc(Oc2c(C(F)(F)F)nc[nH]c2=O)c1. The quantitative estimate of drug-likeness (QED) is 0.120. The van der Waals surface area contributed by atoms with Crippen LogP contribution in [0, 0.1) is 22.7 Å². The summed E-state index contributed by atoms with van der Waals surface area (Å²) in [6.07, 6.45) is -8.14. The highest BCUT2D eigenvalue weighted by Crippen LogP contribution is 2.37. The molecule has 0 atom stereocenters. The Labute approximate surface area is 391 Å². The number of hydrogen-bond donors (Lipinski definition) is 1. The molecule has 1 N–H and O–H groups in total. The lowest BCUT2D eigenvalue weighted by Crippen LogP contribution is -2.27. The third-order valence-electron chi connectivity index (χ3n) is 8.46. The van der Waals surface area contributed by atoms with Crippen LogP contribution in [-0.2, 0) is 37.2 Å². The minimum absolute atomic E-state index is 0.0209. The summed E-state index contributed by atoms with van der Waals surface area (Å²) in [6.45, 7) is 2.67. The Morgan fingerprint density at radius 2 is 1.10 bits per heavy atom. The summed E-state index contributed by atoms with van der Waals surface area (Å²) in [6, 6.07) is 12.8. The standard InChI is InChI=1S/C20H13ClF5N5O3.C12H5ClF3N3O2.C9H12F2N2O/c1-19(22,23)14-5-11(17(33-2)30-29-14)8-31-9-28-16(20(24,25)26)15(18(31)32)34-13-4-10(7-27)3-12(21)6-13;13-7-1-6(4-17)2-8(3-7)21-9-10(12(14,15)16)18-5-19-11(9)20;1-4-6-5-7(9(2,10)11)12-13-8(6)14-3/h3-6,9H,8H2,1-2H3;1-3,5H,(H,18,19,20);5H,4H2,1-3H3. The van der Waals surface area contributed by atoms with Crippen molar-refractivity contribution in [1.29, 1.82) is 10.5 Å². The molecule has 0 aliphatic rings. The van der Waals surface area contributed by atoms with E-state index in [-0.39, 0.29) is 49.8 Å². The van der Waals surface area contributed by atoms with Gasteiger partial charge in [-0.2, -0.15) is 54.4 Å². The second-order valence-electron chi connectivity index (χ2n) is 13.7. The van der Waals surface area contributed by atoms with Crippen LogP contribution in [0.5, 0.6) is 34.8 Å². The fourth-order valence-corrected chi connectivity index (χ4v) is 5.78. The second-order valence-corrected chi connectivity index (χ2v) is 14.6. The van der Waals surface area contributed by atoms with Crippen molar-refractivity contribution < 1.29 is 62.9 Å². The molecular weight excluding hydrogens is 989 g/mol. The lowest BCUT2D eigenvalue weighted by atomic mass is 10.1. The van der Waals surface area contributed by atoms with Gasteiger partial charge in [-0.1, -0.05) is 30.1 Å². The third kappa shape index (κ3) is 14.5. The monoisotopic (exact) mass is 1020 g/mol. The molecule has 16 nitrogen and oxygen atoms in total. The average molecular weight is 1020 g/mol. The van der Waals surface area contributed by atoms with Crippen LogP contribution in [0.25, 0.3) is 0 Å². The highest BCUT2D eigenvalue weighted by atomic mass is 35.5. The third-order valence-corrected chi connectivity index (χ3v) is 8.90. The normalized spacial score (nSPS) is 11.5. The Morgan fingerprint density at radius 3 is 1.54 bits per heavy atom. The Balaban J connectivity index is 0.000000251. The number of alkyl halides is 10. The number of nitriles is 2. The molecule has 4 aromatic heterocycles. The Bertz CT molecular complexity index is 3020. The van der Waals surface area contributed by atoms with Crippen LogP contribution in [0.3, 0.4) is 0 Å². The van der Waals surface area contributed by atoms with Gasteiger partial charge in [0.25, 0.3) is 23.0 Å². The topological polar surface area (TPSA) is 217 Å². The highest BCUT2D eigenvalue weighted by molar-refractivity contribution is 6.31. The summed E-state index contributed by atoms with van der Waals surface area (Å²) in [5, 5.41) is 31.7. The average Bonchev–Trinajstić information content (AvgIpc) is 3.26. The van der Waals surface area contributed by atoms with Gasteiger partial charge in [0.1, 0.15) is 22.9 Å². The van der Waals surface area contributed by atoms with Crippen LogP contribution >= 0.6 is 23.2 Å². The number of aromatic nitrogens is 8. The van der Waals surface area contributed by atoms with Gasteiger partial charge in [-0.3, -0.25) is 14.2 Å². The molecule has 0 spiro atoms. The second kappa shape index (κ2) is 22.0. The van der Waals surface area contributed by atoms with E-state index in [1.165, 1.54) is 38.5 Å². The van der Waals surface area contributed by atoms with Crippen molar-refractivity contribution in [1.82, 2.24) is 39.9 Å². The molecule has 0 amide bonds. The molecule has 0 unspecified atom stereocenters. The maximum Gasteiger partial charge on any atom is 0.437 e. The van der Waals surface area contributed by atoms with Crippen LogP contribution in [0.1, 0.15) is 65.8 Å². The fourth-order valence-electron chi connectivity index (χ4n) is 5.33. The molecule has 0 saturated carbocycles. The molecule has 28 heteroatoms. The molecule has 0 fully saturated rings. The molecule has 0 aliphatic heterocycles. The number of ether oxygens (including phenoxy) is 4. The molecule has 0 aliphatic carbocycles. The van der Waals surface area contributed by atoms with Crippen LogP contribution in [0.15, 0.2) is 70.8 Å². The number of hydrogen-bond acceptors (Lipinski definition) is 14. The molecular formula is C41H30Cl2F10N10O6. The minimum atomic E-state index is -5.07. The summed E-state index contributed by atoms with van der Waals surface area (Å²) >= 11 is 11.6. The number of nitrogens with one attached hydrogen (secondary N) is 1. The number of benzene rings is 2. The maximum absolute atomic E-state index is 13.7. The molecule has 364 valence electrons. The fraction of sp³-hybridized carbons (Fsp3) is 0.268. The van der Waals surface area contributed by atoms with E-state index < -0.39 is 70.4 Å². The van der Waals surface area contributed by atoms with Crippen LogP contribution in [-0.4, -0.2) is 54.1 Å². The zero-order valence-electron chi connectivity index (χ0n) is 35.7. The zero-order chi connectivity index (χ0) is 51.6. The molecule has 0 saturated heterocycles. The Hall–Kier alpha value is -7.58. The van der Waals surface area contributed by atoms with Gasteiger partial charge in [0.05, 0.1) is 56.7 Å². The first-order chi connectivity index (χ1) is 32.1. The summed E-state index contributed by atoms with van der Waals surface area (Å²) in [7, 11) is 2.61. The van der Waals surface area contributed by atoms with Crippen molar-refractivity contribution in [2.45, 2.75) is 57.9 Å². The van der Waals surface area contributed by atoms with Crippen LogP contribution in [0.4, 0.5) is 43.9 Å². The number of rotatable bonds is 11. The van der Waals surface area contributed by atoms with E-state index in [1.807, 2.05) is 11.9 Å². The van der Waals surface area contributed by atoms with Gasteiger partial charge >= 0.3 is 12.4 Å². The molecule has 2 aromatic carbocycles. The summed E-state index contributed by atoms with van der Waals surface area (Å²) in [5.74, 6) is -8.97. The predicted octanol–water partition coefficient (Wildman–Crippen LogP) is 9.80. The van der Waals surface area contributed by atoms with Gasteiger partial charge in [0.2, 0.25) is 23.3 Å². The van der Waals surface area contributed by atoms with E-state index in [4.69, 9.17) is 52.7 Å². The van der Waals surface area contributed by atoms with Crippen molar-refractivity contribution in [3.8, 4) is 46.9 Å². The first-order valence-electron chi connectivity index (χ1n) is 18.8. The highest BCUT2D eigenvalue weighted by Gasteiger charge is 2.40. The lowest BCUT2D eigenvalue weighted by Gasteiger charge is -2.16. The van der Waals surface area contributed by atoms with Gasteiger partial charge in [-0.15, -0.1) is 20.4 Å². The predicted molar refractivity (Wildman–Crippen MR) is 221 cm³/mol. The number of H-pyrrole nitrogens is 1. The van der Waals surface area contributed by atoms with Crippen molar-refractivity contribution in [2.24, 2.45) is 0 Å². The lowest BCUT2D eigenvalue weighted by molar-refractivity contribution is -0.143. The van der Waals surface area contributed by atoms with Crippen LogP contribution < -0.4 is 30.1 Å². The summed E-state index contributed by atoms with van der Waals surface area (Å²) in [4.78, 5) is 32.8. The maximum atomic E-state index is 13.7.